The Morgan fingerprint density at radius 3 is 2.06 bits per heavy atom. The Bertz CT molecular complexity index is 1230. The maximum atomic E-state index is 13.5. The third-order valence-electron chi connectivity index (χ3n) is 5.83. The summed E-state index contributed by atoms with van der Waals surface area (Å²) in [5.41, 5.74) is 2.25. The Morgan fingerprint density at radius 1 is 0.812 bits per heavy atom. The first kappa shape index (κ1) is 20.2. The number of hydrogen-bond donors (Lipinski definition) is 0. The fourth-order valence-electron chi connectivity index (χ4n) is 4.30. The van der Waals surface area contributed by atoms with E-state index in [2.05, 4.69) is 6.08 Å². The van der Waals surface area contributed by atoms with Crippen molar-refractivity contribution >= 4 is 39.9 Å². The molecule has 3 atom stereocenters. The van der Waals surface area contributed by atoms with Crippen molar-refractivity contribution in [2.24, 2.45) is 5.92 Å². The van der Waals surface area contributed by atoms with Gasteiger partial charge < -0.3 is 0 Å². The first-order valence-corrected chi connectivity index (χ1v) is 11.0. The van der Waals surface area contributed by atoms with Crippen molar-refractivity contribution in [1.82, 2.24) is 0 Å². The summed E-state index contributed by atoms with van der Waals surface area (Å²) in [6.45, 7) is 0. The summed E-state index contributed by atoms with van der Waals surface area (Å²) in [6.07, 6.45) is 2.08. The molecule has 6 nitrogen and oxygen atoms in total. The van der Waals surface area contributed by atoms with Crippen molar-refractivity contribution in [3.63, 3.8) is 0 Å². The second kappa shape index (κ2) is 8.09. The second-order valence-electron chi connectivity index (χ2n) is 7.68. The van der Waals surface area contributed by atoms with Crippen LogP contribution in [0.3, 0.4) is 0 Å². The quantitative estimate of drug-likeness (QED) is 0.322. The van der Waals surface area contributed by atoms with E-state index in [1.54, 1.807) is 0 Å². The van der Waals surface area contributed by atoms with Gasteiger partial charge in [0.15, 0.2) is 0 Å². The predicted molar refractivity (Wildman–Crippen MR) is 124 cm³/mol. The van der Waals surface area contributed by atoms with Crippen LogP contribution in [0.4, 0.5) is 11.4 Å². The van der Waals surface area contributed by atoms with Gasteiger partial charge >= 0.3 is 0 Å². The highest BCUT2D eigenvalue weighted by Gasteiger charge is 2.54. The summed E-state index contributed by atoms with van der Waals surface area (Å²) in [6, 6.07) is 25.1. The average molecular weight is 442 g/mol. The summed E-state index contributed by atoms with van der Waals surface area (Å²) >= 11 is 1.41. The van der Waals surface area contributed by atoms with Gasteiger partial charge in [-0.15, -0.1) is 11.8 Å². The standard InChI is InChI=1S/C25H18N2O4S/c28-24-22-20(16-7-3-1-4-8-16)15-21(17-9-5-2-6-10-17)32-23(22)25(29)26(24)18-11-13-19(14-12-18)27(30)31/h1-15,20,22-23H. The molecule has 3 unspecified atom stereocenters. The van der Waals surface area contributed by atoms with Crippen LogP contribution in [0.25, 0.3) is 4.91 Å². The summed E-state index contributed by atoms with van der Waals surface area (Å²) in [7, 11) is 0. The van der Waals surface area contributed by atoms with E-state index in [-0.39, 0.29) is 23.4 Å². The van der Waals surface area contributed by atoms with Crippen LogP contribution >= 0.6 is 11.8 Å². The minimum Gasteiger partial charge on any atom is -0.274 e. The van der Waals surface area contributed by atoms with E-state index in [0.717, 1.165) is 16.0 Å². The largest absolute Gasteiger partial charge is 0.274 e. The zero-order valence-electron chi connectivity index (χ0n) is 16.8. The normalized spacial score (nSPS) is 22.4. The van der Waals surface area contributed by atoms with Gasteiger partial charge in [-0.05, 0) is 23.3 Å². The molecule has 0 spiro atoms. The third kappa shape index (κ3) is 3.40. The summed E-state index contributed by atoms with van der Waals surface area (Å²) in [5.74, 6) is -1.37. The van der Waals surface area contributed by atoms with Crippen molar-refractivity contribution in [3.05, 3.63) is 112 Å². The number of allylic oxidation sites excluding steroid dienone is 1. The highest BCUT2D eigenvalue weighted by atomic mass is 32.2. The maximum Gasteiger partial charge on any atom is 0.269 e. The molecule has 0 aromatic heterocycles. The highest BCUT2D eigenvalue weighted by Crippen LogP contribution is 2.51. The Labute approximate surface area is 188 Å². The van der Waals surface area contributed by atoms with Gasteiger partial charge in [0.2, 0.25) is 11.8 Å². The first-order valence-electron chi connectivity index (χ1n) is 10.2. The van der Waals surface area contributed by atoms with E-state index in [4.69, 9.17) is 0 Å². The van der Waals surface area contributed by atoms with Crippen LogP contribution in [0.2, 0.25) is 0 Å². The number of hydrogen-bond acceptors (Lipinski definition) is 5. The Hall–Kier alpha value is -3.71. The molecule has 0 radical (unpaired) electrons. The topological polar surface area (TPSA) is 80.5 Å². The molecule has 5 rings (SSSR count). The highest BCUT2D eigenvalue weighted by molar-refractivity contribution is 8.09. The van der Waals surface area contributed by atoms with Gasteiger partial charge in [-0.2, -0.15) is 0 Å². The Balaban J connectivity index is 1.57. The molecule has 32 heavy (non-hydrogen) atoms. The zero-order valence-corrected chi connectivity index (χ0v) is 17.6. The number of nitro groups is 1. The lowest BCUT2D eigenvalue weighted by Gasteiger charge is -2.29. The number of imide groups is 1. The number of carbonyl (C=O) groups is 2. The van der Waals surface area contributed by atoms with Crippen molar-refractivity contribution < 1.29 is 14.5 Å². The monoisotopic (exact) mass is 442 g/mol. The number of rotatable bonds is 4. The molecule has 1 fully saturated rings. The van der Waals surface area contributed by atoms with Crippen molar-refractivity contribution in [1.29, 1.82) is 0 Å². The molecule has 3 aromatic carbocycles. The molecule has 0 aliphatic carbocycles. The van der Waals surface area contributed by atoms with Crippen LogP contribution in [0.1, 0.15) is 17.0 Å². The number of thioether (sulfide) groups is 1. The molecular formula is C25H18N2O4S. The van der Waals surface area contributed by atoms with E-state index in [9.17, 15) is 19.7 Å². The van der Waals surface area contributed by atoms with Crippen LogP contribution in [-0.4, -0.2) is 22.0 Å². The fourth-order valence-corrected chi connectivity index (χ4v) is 5.71. The number of fused-ring (bicyclic) bond motifs is 1. The van der Waals surface area contributed by atoms with Crippen LogP contribution in [0.5, 0.6) is 0 Å². The number of non-ortho nitro benzene ring substituents is 1. The van der Waals surface area contributed by atoms with Gasteiger partial charge in [-0.1, -0.05) is 66.7 Å². The van der Waals surface area contributed by atoms with Crippen LogP contribution < -0.4 is 4.90 Å². The second-order valence-corrected chi connectivity index (χ2v) is 8.87. The van der Waals surface area contributed by atoms with Gasteiger partial charge in [-0.25, -0.2) is 4.90 Å². The molecule has 0 N–H and O–H groups in total. The van der Waals surface area contributed by atoms with Crippen molar-refractivity contribution in [2.45, 2.75) is 11.2 Å². The van der Waals surface area contributed by atoms with E-state index in [1.807, 2.05) is 60.7 Å². The molecular weight excluding hydrogens is 424 g/mol. The van der Waals surface area contributed by atoms with Gasteiger partial charge in [0, 0.05) is 23.0 Å². The van der Waals surface area contributed by atoms with Gasteiger partial charge in [0.05, 0.1) is 16.5 Å². The molecule has 3 aromatic rings. The summed E-state index contributed by atoms with van der Waals surface area (Å²) < 4.78 is 0. The zero-order chi connectivity index (χ0) is 22.2. The average Bonchev–Trinajstić information content (AvgIpc) is 3.09. The van der Waals surface area contributed by atoms with E-state index in [1.165, 1.54) is 40.9 Å². The fraction of sp³-hybridized carbons (Fsp3) is 0.120. The van der Waals surface area contributed by atoms with Crippen molar-refractivity contribution in [2.75, 3.05) is 4.90 Å². The first-order chi connectivity index (χ1) is 15.5. The van der Waals surface area contributed by atoms with E-state index >= 15 is 0 Å². The molecule has 158 valence electrons. The van der Waals surface area contributed by atoms with E-state index in [0.29, 0.717) is 5.69 Å². The van der Waals surface area contributed by atoms with Crippen LogP contribution in [0, 0.1) is 16.0 Å². The summed E-state index contributed by atoms with van der Waals surface area (Å²) in [4.78, 5) is 39.6. The molecule has 2 heterocycles. The lowest BCUT2D eigenvalue weighted by atomic mass is 9.83. The number of amides is 2. The van der Waals surface area contributed by atoms with Gasteiger partial charge in [-0.3, -0.25) is 19.7 Å². The minimum atomic E-state index is -0.567. The number of benzene rings is 3. The number of nitrogens with zero attached hydrogens (tertiary/aromatic N) is 2. The molecule has 0 bridgehead atoms. The lowest BCUT2D eigenvalue weighted by Crippen LogP contribution is -2.31. The van der Waals surface area contributed by atoms with Gasteiger partial charge in [0.25, 0.3) is 5.69 Å². The summed E-state index contributed by atoms with van der Waals surface area (Å²) in [5, 5.41) is 10.4. The van der Waals surface area contributed by atoms with Gasteiger partial charge in [0.1, 0.15) is 5.25 Å². The minimum absolute atomic E-state index is 0.0881. The molecule has 2 aliphatic rings. The smallest absolute Gasteiger partial charge is 0.269 e. The number of nitro benzene ring substituents is 1. The maximum absolute atomic E-state index is 13.5. The molecule has 2 aliphatic heterocycles. The Morgan fingerprint density at radius 2 is 1.44 bits per heavy atom. The third-order valence-corrected chi connectivity index (χ3v) is 7.20. The van der Waals surface area contributed by atoms with Crippen molar-refractivity contribution in [3.8, 4) is 0 Å². The number of anilines is 1. The lowest BCUT2D eigenvalue weighted by molar-refractivity contribution is -0.384. The number of carbonyl (C=O) groups excluding carboxylic acids is 2. The Kier molecular flexibility index (Phi) is 5.11. The molecule has 2 amide bonds. The van der Waals surface area contributed by atoms with Crippen LogP contribution in [-0.2, 0) is 9.59 Å². The predicted octanol–water partition coefficient (Wildman–Crippen LogP) is 5.02. The molecule has 7 heteroatoms. The molecule has 1 saturated heterocycles. The molecule has 0 saturated carbocycles. The van der Waals surface area contributed by atoms with Crippen LogP contribution in [0.15, 0.2) is 91.0 Å². The van der Waals surface area contributed by atoms with E-state index < -0.39 is 16.1 Å². The SMILES string of the molecule is O=C1C2SC(c3ccccc3)=CC(c3ccccc3)C2C(=O)N1c1ccc([N+](=O)[O-])cc1.